The zero-order valence-electron chi connectivity index (χ0n) is 7.07. The fourth-order valence-corrected chi connectivity index (χ4v) is 2.10. The van der Waals surface area contributed by atoms with E-state index in [2.05, 4.69) is 4.37 Å². The molecule has 0 aliphatic carbocycles. The van der Waals surface area contributed by atoms with Crippen molar-refractivity contribution >= 4 is 27.5 Å². The maximum absolute atomic E-state index is 10.9. The van der Waals surface area contributed by atoms with Gasteiger partial charge in [-0.05, 0) is 30.1 Å². The third-order valence-corrected chi connectivity index (χ3v) is 2.67. The van der Waals surface area contributed by atoms with Crippen LogP contribution in [0.4, 0.5) is 0 Å². The summed E-state index contributed by atoms with van der Waals surface area (Å²) in [6.07, 6.45) is 0. The highest BCUT2D eigenvalue weighted by Gasteiger charge is 2.10. The number of hydrogen-bond acceptors (Lipinski definition) is 3. The standard InChI is InChI=1S/C9H8N2OS/c1-5-2-3-6-7(4-5)13-11-8(6)9(10)12/h2-4H,1H3,(H2,10,12). The first-order valence-electron chi connectivity index (χ1n) is 3.84. The quantitative estimate of drug-likeness (QED) is 0.747. The van der Waals surface area contributed by atoms with Crippen LogP contribution in [0.1, 0.15) is 16.1 Å². The third kappa shape index (κ3) is 1.29. The molecule has 2 aromatic rings. The minimum atomic E-state index is -0.463. The number of amides is 1. The van der Waals surface area contributed by atoms with E-state index < -0.39 is 5.91 Å². The normalized spacial score (nSPS) is 10.5. The summed E-state index contributed by atoms with van der Waals surface area (Å²) in [6, 6.07) is 5.83. The average Bonchev–Trinajstić information content (AvgIpc) is 2.46. The summed E-state index contributed by atoms with van der Waals surface area (Å²) in [5.41, 5.74) is 6.70. The van der Waals surface area contributed by atoms with Crippen LogP contribution in [0.5, 0.6) is 0 Å². The lowest BCUT2D eigenvalue weighted by atomic mass is 10.1. The summed E-state index contributed by atoms with van der Waals surface area (Å²) in [5.74, 6) is -0.463. The van der Waals surface area contributed by atoms with Gasteiger partial charge in [-0.1, -0.05) is 12.1 Å². The second-order valence-corrected chi connectivity index (χ2v) is 3.70. The van der Waals surface area contributed by atoms with Crippen LogP contribution in [-0.2, 0) is 0 Å². The Labute approximate surface area is 79.3 Å². The molecule has 0 atom stereocenters. The molecule has 0 unspecified atom stereocenters. The Morgan fingerprint density at radius 2 is 2.31 bits per heavy atom. The van der Waals surface area contributed by atoms with Gasteiger partial charge in [0.1, 0.15) is 5.69 Å². The first-order valence-corrected chi connectivity index (χ1v) is 4.61. The van der Waals surface area contributed by atoms with Crippen LogP contribution in [0.3, 0.4) is 0 Å². The fraction of sp³-hybridized carbons (Fsp3) is 0.111. The van der Waals surface area contributed by atoms with Gasteiger partial charge in [0.25, 0.3) is 5.91 Å². The zero-order valence-corrected chi connectivity index (χ0v) is 7.89. The molecule has 0 saturated carbocycles. The summed E-state index contributed by atoms with van der Waals surface area (Å²) in [6.45, 7) is 2.00. The number of fused-ring (bicyclic) bond motifs is 1. The molecule has 1 heterocycles. The Morgan fingerprint density at radius 3 is 3.00 bits per heavy atom. The predicted molar refractivity (Wildman–Crippen MR) is 52.9 cm³/mol. The van der Waals surface area contributed by atoms with Gasteiger partial charge in [-0.15, -0.1) is 0 Å². The Bertz CT molecular complexity index is 475. The summed E-state index contributed by atoms with van der Waals surface area (Å²) >= 11 is 1.31. The number of primary amides is 1. The molecule has 4 heteroatoms. The van der Waals surface area contributed by atoms with Crippen molar-refractivity contribution in [2.24, 2.45) is 5.73 Å². The summed E-state index contributed by atoms with van der Waals surface area (Å²) in [5, 5.41) is 0.850. The molecule has 3 nitrogen and oxygen atoms in total. The summed E-state index contributed by atoms with van der Waals surface area (Å²) < 4.78 is 5.01. The maximum Gasteiger partial charge on any atom is 0.269 e. The van der Waals surface area contributed by atoms with Crippen LogP contribution >= 0.6 is 11.5 Å². The first-order chi connectivity index (χ1) is 6.18. The number of rotatable bonds is 1. The van der Waals surface area contributed by atoms with E-state index in [9.17, 15) is 4.79 Å². The number of aromatic nitrogens is 1. The first kappa shape index (κ1) is 8.19. The second-order valence-electron chi connectivity index (χ2n) is 2.90. The molecule has 0 aliphatic heterocycles. The van der Waals surface area contributed by atoms with Crippen LogP contribution in [0.2, 0.25) is 0 Å². The van der Waals surface area contributed by atoms with Crippen molar-refractivity contribution in [2.75, 3.05) is 0 Å². The highest BCUT2D eigenvalue weighted by atomic mass is 32.1. The van der Waals surface area contributed by atoms with Gasteiger partial charge in [-0.3, -0.25) is 4.79 Å². The molecule has 2 N–H and O–H groups in total. The smallest absolute Gasteiger partial charge is 0.269 e. The van der Waals surface area contributed by atoms with Crippen LogP contribution in [0.25, 0.3) is 10.1 Å². The van der Waals surface area contributed by atoms with Crippen LogP contribution in [-0.4, -0.2) is 10.3 Å². The topological polar surface area (TPSA) is 56.0 Å². The van der Waals surface area contributed by atoms with Gasteiger partial charge in [0.05, 0.1) is 4.70 Å². The Balaban J connectivity index is 2.76. The highest BCUT2D eigenvalue weighted by Crippen LogP contribution is 2.23. The molecule has 1 aromatic heterocycles. The lowest BCUT2D eigenvalue weighted by molar-refractivity contribution is 0.0998. The second kappa shape index (κ2) is 2.81. The molecule has 0 spiro atoms. The number of benzene rings is 1. The van der Waals surface area contributed by atoms with Gasteiger partial charge >= 0.3 is 0 Å². The van der Waals surface area contributed by atoms with Crippen LogP contribution in [0.15, 0.2) is 18.2 Å². The van der Waals surface area contributed by atoms with Gasteiger partial charge < -0.3 is 5.73 Å². The van der Waals surface area contributed by atoms with Crippen molar-refractivity contribution in [2.45, 2.75) is 6.92 Å². The summed E-state index contributed by atoms with van der Waals surface area (Å²) in [7, 11) is 0. The van der Waals surface area contributed by atoms with Crippen molar-refractivity contribution in [3.63, 3.8) is 0 Å². The molecule has 0 bridgehead atoms. The van der Waals surface area contributed by atoms with Crippen molar-refractivity contribution < 1.29 is 4.79 Å². The average molecular weight is 192 g/mol. The van der Waals surface area contributed by atoms with Crippen molar-refractivity contribution in [1.82, 2.24) is 4.37 Å². The summed E-state index contributed by atoms with van der Waals surface area (Å²) in [4.78, 5) is 10.9. The number of nitrogens with zero attached hydrogens (tertiary/aromatic N) is 1. The molecule has 1 aromatic carbocycles. The van der Waals surface area contributed by atoms with E-state index in [0.29, 0.717) is 5.69 Å². The molecule has 1 amide bonds. The Hall–Kier alpha value is -1.42. The molecule has 0 saturated heterocycles. The Kier molecular flexibility index (Phi) is 1.77. The van der Waals surface area contributed by atoms with E-state index in [1.807, 2.05) is 25.1 Å². The SMILES string of the molecule is Cc1ccc2c(C(N)=O)nsc2c1. The van der Waals surface area contributed by atoms with Gasteiger partial charge in [-0.2, -0.15) is 4.37 Å². The van der Waals surface area contributed by atoms with E-state index >= 15 is 0 Å². The fourth-order valence-electron chi connectivity index (χ4n) is 1.22. The van der Waals surface area contributed by atoms with Gasteiger partial charge in [0.15, 0.2) is 0 Å². The maximum atomic E-state index is 10.9. The van der Waals surface area contributed by atoms with Crippen molar-refractivity contribution in [3.05, 3.63) is 29.5 Å². The zero-order chi connectivity index (χ0) is 9.42. The minimum Gasteiger partial charge on any atom is -0.364 e. The molecular weight excluding hydrogens is 184 g/mol. The van der Waals surface area contributed by atoms with Gasteiger partial charge in [0, 0.05) is 5.39 Å². The van der Waals surface area contributed by atoms with Crippen molar-refractivity contribution in [3.8, 4) is 0 Å². The van der Waals surface area contributed by atoms with Gasteiger partial charge in [0.2, 0.25) is 0 Å². The molecule has 0 aliphatic rings. The molecule has 2 rings (SSSR count). The van der Waals surface area contributed by atoms with E-state index in [4.69, 9.17) is 5.73 Å². The monoisotopic (exact) mass is 192 g/mol. The molecule has 0 radical (unpaired) electrons. The predicted octanol–water partition coefficient (Wildman–Crippen LogP) is 1.70. The number of nitrogens with two attached hydrogens (primary N) is 1. The molecule has 66 valence electrons. The largest absolute Gasteiger partial charge is 0.364 e. The van der Waals surface area contributed by atoms with E-state index in [1.165, 1.54) is 11.5 Å². The highest BCUT2D eigenvalue weighted by molar-refractivity contribution is 7.13. The van der Waals surface area contributed by atoms with Crippen molar-refractivity contribution in [1.29, 1.82) is 0 Å². The third-order valence-electron chi connectivity index (χ3n) is 1.86. The number of aryl methyl sites for hydroxylation is 1. The minimum absolute atomic E-state index is 0.375. The Morgan fingerprint density at radius 1 is 1.54 bits per heavy atom. The lowest BCUT2D eigenvalue weighted by Crippen LogP contribution is -2.11. The molecular formula is C9H8N2OS. The van der Waals surface area contributed by atoms with E-state index in [-0.39, 0.29) is 0 Å². The number of carbonyl (C=O) groups excluding carboxylic acids is 1. The number of carbonyl (C=O) groups is 1. The van der Waals surface area contributed by atoms with Gasteiger partial charge in [-0.25, -0.2) is 0 Å². The molecule has 0 fully saturated rings. The van der Waals surface area contributed by atoms with E-state index in [1.54, 1.807) is 0 Å². The van der Waals surface area contributed by atoms with Crippen LogP contribution in [0, 0.1) is 6.92 Å². The van der Waals surface area contributed by atoms with E-state index in [0.717, 1.165) is 15.6 Å². The number of hydrogen-bond donors (Lipinski definition) is 1. The van der Waals surface area contributed by atoms with Crippen LogP contribution < -0.4 is 5.73 Å². The molecule has 13 heavy (non-hydrogen) atoms. The lowest BCUT2D eigenvalue weighted by Gasteiger charge is -1.92.